The third-order valence-electron chi connectivity index (χ3n) is 4.02. The van der Waals surface area contributed by atoms with Gasteiger partial charge in [0.15, 0.2) is 0 Å². The largest absolute Gasteiger partial charge is 0.314 e. The summed E-state index contributed by atoms with van der Waals surface area (Å²) in [5.74, 6) is 0.991. The van der Waals surface area contributed by atoms with E-state index in [9.17, 15) is 8.42 Å². The fourth-order valence-electron chi connectivity index (χ4n) is 3.06. The number of nitrogens with zero attached hydrogens (tertiary/aromatic N) is 1. The van der Waals surface area contributed by atoms with Crippen molar-refractivity contribution >= 4 is 10.0 Å². The van der Waals surface area contributed by atoms with Gasteiger partial charge in [0.2, 0.25) is 10.0 Å². The third-order valence-corrected chi connectivity index (χ3v) is 6.10. The van der Waals surface area contributed by atoms with Crippen LogP contribution < -0.4 is 5.32 Å². The molecule has 0 saturated carbocycles. The van der Waals surface area contributed by atoms with E-state index in [-0.39, 0.29) is 0 Å². The lowest BCUT2D eigenvalue weighted by Crippen LogP contribution is -2.44. The zero-order valence-corrected chi connectivity index (χ0v) is 11.5. The predicted octanol–water partition coefficient (Wildman–Crippen LogP) is 1.19. The first-order valence-corrected chi connectivity index (χ1v) is 8.45. The van der Waals surface area contributed by atoms with Crippen LogP contribution in [0.15, 0.2) is 0 Å². The lowest BCUT2D eigenvalue weighted by molar-refractivity contribution is 0.234. The predicted molar refractivity (Wildman–Crippen MR) is 69.4 cm³/mol. The second-order valence-corrected chi connectivity index (χ2v) is 7.34. The smallest absolute Gasteiger partial charge is 0.214 e. The Kier molecular flexibility index (Phi) is 4.44. The van der Waals surface area contributed by atoms with E-state index in [0.717, 1.165) is 32.5 Å². The second kappa shape index (κ2) is 5.67. The summed E-state index contributed by atoms with van der Waals surface area (Å²) in [6, 6.07) is 0.644. The Balaban J connectivity index is 1.85. The Morgan fingerprint density at radius 2 is 1.94 bits per heavy atom. The molecule has 0 radical (unpaired) electrons. The summed E-state index contributed by atoms with van der Waals surface area (Å²) in [5, 5.41) is 3.54. The summed E-state index contributed by atoms with van der Waals surface area (Å²) < 4.78 is 25.5. The van der Waals surface area contributed by atoms with Crippen molar-refractivity contribution in [3.63, 3.8) is 0 Å². The Morgan fingerprint density at radius 1 is 1.24 bits per heavy atom. The van der Waals surface area contributed by atoms with E-state index in [4.69, 9.17) is 0 Å². The zero-order valence-electron chi connectivity index (χ0n) is 10.7. The molecule has 2 heterocycles. The highest BCUT2D eigenvalue weighted by molar-refractivity contribution is 7.89. The van der Waals surface area contributed by atoms with Crippen LogP contribution in [-0.2, 0) is 10.0 Å². The Bertz CT molecular complexity index is 328. The normalized spacial score (nSPS) is 28.6. The van der Waals surface area contributed by atoms with Crippen molar-refractivity contribution in [2.24, 2.45) is 5.92 Å². The first-order valence-electron chi connectivity index (χ1n) is 6.84. The lowest BCUT2D eigenvalue weighted by atomic mass is 9.89. The van der Waals surface area contributed by atoms with E-state index in [0.29, 0.717) is 24.1 Å². The van der Waals surface area contributed by atoms with Crippen molar-refractivity contribution in [3.05, 3.63) is 0 Å². The van der Waals surface area contributed by atoms with Crippen molar-refractivity contribution in [2.45, 2.75) is 45.1 Å². The van der Waals surface area contributed by atoms with Crippen molar-refractivity contribution in [1.29, 1.82) is 0 Å². The molecule has 0 bridgehead atoms. The van der Waals surface area contributed by atoms with Crippen molar-refractivity contribution in [3.8, 4) is 0 Å². The van der Waals surface area contributed by atoms with Crippen LogP contribution in [0.2, 0.25) is 0 Å². The minimum absolute atomic E-state index is 0.305. The number of nitrogens with one attached hydrogen (secondary N) is 1. The highest BCUT2D eigenvalue weighted by Gasteiger charge is 2.32. The van der Waals surface area contributed by atoms with Gasteiger partial charge < -0.3 is 5.32 Å². The minimum Gasteiger partial charge on any atom is -0.314 e. The summed E-state index contributed by atoms with van der Waals surface area (Å²) in [4.78, 5) is 0. The minimum atomic E-state index is -2.97. The van der Waals surface area contributed by atoms with Gasteiger partial charge in [-0.15, -0.1) is 0 Å². The molecule has 1 N–H and O–H groups in total. The van der Waals surface area contributed by atoms with Gasteiger partial charge in [0.25, 0.3) is 0 Å². The van der Waals surface area contributed by atoms with Gasteiger partial charge in [0, 0.05) is 19.1 Å². The van der Waals surface area contributed by atoms with Crippen LogP contribution in [0.3, 0.4) is 0 Å². The molecule has 1 atom stereocenters. The molecular weight excluding hydrogens is 236 g/mol. The number of sulfonamides is 1. The van der Waals surface area contributed by atoms with Gasteiger partial charge in [-0.3, -0.25) is 0 Å². The van der Waals surface area contributed by atoms with E-state index >= 15 is 0 Å². The first kappa shape index (κ1) is 13.3. The van der Waals surface area contributed by atoms with Crippen molar-refractivity contribution < 1.29 is 8.42 Å². The molecule has 0 spiro atoms. The van der Waals surface area contributed by atoms with Gasteiger partial charge in [-0.1, -0.05) is 6.92 Å². The van der Waals surface area contributed by atoms with Crippen molar-refractivity contribution in [2.75, 3.05) is 25.4 Å². The summed E-state index contributed by atoms with van der Waals surface area (Å²) in [6.07, 6.45) is 5.32. The summed E-state index contributed by atoms with van der Waals surface area (Å²) in [7, 11) is -2.97. The van der Waals surface area contributed by atoms with Crippen LogP contribution in [0.5, 0.6) is 0 Å². The maximum atomic E-state index is 11.9. The molecule has 2 fully saturated rings. The molecule has 0 aromatic rings. The number of piperidine rings is 1. The zero-order chi connectivity index (χ0) is 12.3. The quantitative estimate of drug-likeness (QED) is 0.826. The van der Waals surface area contributed by atoms with E-state index in [1.165, 1.54) is 12.8 Å². The Labute approximate surface area is 105 Å². The second-order valence-electron chi connectivity index (χ2n) is 5.26. The molecule has 5 heteroatoms. The number of hydrogen-bond acceptors (Lipinski definition) is 3. The highest BCUT2D eigenvalue weighted by Crippen LogP contribution is 2.26. The topological polar surface area (TPSA) is 49.4 Å². The Hall–Kier alpha value is -0.130. The molecule has 2 rings (SSSR count). The molecule has 4 nitrogen and oxygen atoms in total. The van der Waals surface area contributed by atoms with E-state index in [1.807, 2.05) is 6.92 Å². The average molecular weight is 260 g/mol. The first-order chi connectivity index (χ1) is 8.13. The van der Waals surface area contributed by atoms with Crippen LogP contribution in [0.4, 0.5) is 0 Å². The van der Waals surface area contributed by atoms with Crippen LogP contribution >= 0.6 is 0 Å². The number of hydrogen-bond donors (Lipinski definition) is 1. The molecule has 0 aliphatic carbocycles. The summed E-state index contributed by atoms with van der Waals surface area (Å²) >= 11 is 0. The standard InChI is InChI=1S/C12H24N2O2S/c1-2-10-17(15,16)14-8-5-11(6-9-14)12-4-3-7-13-12/h11-13H,2-10H2,1H3. The van der Waals surface area contributed by atoms with Gasteiger partial charge in [-0.05, 0) is 44.6 Å². The molecule has 2 aliphatic heterocycles. The SMILES string of the molecule is CCCS(=O)(=O)N1CCC(C2CCCN2)CC1. The maximum Gasteiger partial charge on any atom is 0.214 e. The van der Waals surface area contributed by atoms with Gasteiger partial charge in [-0.25, -0.2) is 12.7 Å². The average Bonchev–Trinajstić information content (AvgIpc) is 2.82. The van der Waals surface area contributed by atoms with E-state index in [2.05, 4.69) is 5.32 Å². The molecule has 2 saturated heterocycles. The van der Waals surface area contributed by atoms with Gasteiger partial charge in [0.05, 0.1) is 5.75 Å². The molecule has 1 unspecified atom stereocenters. The van der Waals surface area contributed by atoms with Gasteiger partial charge in [0.1, 0.15) is 0 Å². The van der Waals surface area contributed by atoms with Gasteiger partial charge in [-0.2, -0.15) is 0 Å². The molecule has 2 aliphatic rings. The van der Waals surface area contributed by atoms with Gasteiger partial charge >= 0.3 is 0 Å². The molecule has 0 aromatic carbocycles. The van der Waals surface area contributed by atoms with Crippen LogP contribution in [-0.4, -0.2) is 44.2 Å². The molecule has 17 heavy (non-hydrogen) atoms. The molecule has 0 amide bonds. The van der Waals surface area contributed by atoms with E-state index in [1.54, 1.807) is 4.31 Å². The third kappa shape index (κ3) is 3.20. The molecule has 100 valence electrons. The van der Waals surface area contributed by atoms with Crippen LogP contribution in [0.1, 0.15) is 39.0 Å². The van der Waals surface area contributed by atoms with Crippen LogP contribution in [0.25, 0.3) is 0 Å². The Morgan fingerprint density at radius 3 is 2.47 bits per heavy atom. The fraction of sp³-hybridized carbons (Fsp3) is 1.00. The van der Waals surface area contributed by atoms with Crippen LogP contribution in [0, 0.1) is 5.92 Å². The monoisotopic (exact) mass is 260 g/mol. The van der Waals surface area contributed by atoms with E-state index < -0.39 is 10.0 Å². The maximum absolute atomic E-state index is 11.9. The van der Waals surface area contributed by atoms with Crippen molar-refractivity contribution in [1.82, 2.24) is 9.62 Å². The molecular formula is C12H24N2O2S. The fourth-order valence-corrected chi connectivity index (χ4v) is 4.60. The highest BCUT2D eigenvalue weighted by atomic mass is 32.2. The summed E-state index contributed by atoms with van der Waals surface area (Å²) in [5.41, 5.74) is 0. The number of rotatable bonds is 4. The molecule has 0 aromatic heterocycles. The lowest BCUT2D eigenvalue weighted by Gasteiger charge is -2.34. The summed E-state index contributed by atoms with van der Waals surface area (Å²) in [6.45, 7) is 4.52.